The third-order valence-corrected chi connectivity index (χ3v) is 5.14. The molecular formula is C16H14ClN5O7S. The van der Waals surface area contributed by atoms with Crippen LogP contribution in [-0.2, 0) is 10.1 Å². The Morgan fingerprint density at radius 3 is 2.40 bits per heavy atom. The SMILES string of the molecule is Cc1[nH]n(-c2ccc(S(=O)(=O)O)cc2)c(=O)c1N=Nc1cc([NH+]([O-])O)cc(Cl)c1O. The molecule has 14 heteroatoms. The van der Waals surface area contributed by atoms with E-state index in [1.807, 2.05) is 0 Å². The molecule has 0 saturated heterocycles. The van der Waals surface area contributed by atoms with Gasteiger partial charge in [-0.2, -0.15) is 13.6 Å². The number of aromatic amines is 1. The summed E-state index contributed by atoms with van der Waals surface area (Å²) in [6, 6.07) is 6.91. The van der Waals surface area contributed by atoms with Crippen molar-refractivity contribution in [1.29, 1.82) is 0 Å². The number of H-pyrrole nitrogens is 1. The molecule has 158 valence electrons. The van der Waals surface area contributed by atoms with Gasteiger partial charge in [-0.1, -0.05) is 11.6 Å². The molecule has 1 heterocycles. The van der Waals surface area contributed by atoms with E-state index in [1.54, 1.807) is 0 Å². The van der Waals surface area contributed by atoms with Crippen LogP contribution in [0.1, 0.15) is 5.69 Å². The Labute approximate surface area is 173 Å². The van der Waals surface area contributed by atoms with Gasteiger partial charge in [-0.15, -0.1) is 10.2 Å². The lowest BCUT2D eigenvalue weighted by molar-refractivity contribution is -0.991. The Balaban J connectivity index is 2.00. The Morgan fingerprint density at radius 1 is 1.20 bits per heavy atom. The number of aromatic nitrogens is 2. The fraction of sp³-hybridized carbons (Fsp3) is 0.0625. The monoisotopic (exact) mass is 455 g/mol. The number of phenolic OH excluding ortho intramolecular Hbond substituents is 1. The third-order valence-electron chi connectivity index (χ3n) is 3.98. The molecule has 0 aliphatic rings. The molecule has 0 bridgehead atoms. The van der Waals surface area contributed by atoms with Crippen molar-refractivity contribution in [2.45, 2.75) is 11.8 Å². The van der Waals surface area contributed by atoms with E-state index < -0.39 is 26.7 Å². The second kappa shape index (κ2) is 7.98. The van der Waals surface area contributed by atoms with Crippen LogP contribution in [0.15, 0.2) is 56.3 Å². The molecule has 0 aliphatic carbocycles. The largest absolute Gasteiger partial charge is 0.595 e. The minimum Gasteiger partial charge on any atom is -0.595 e. The summed E-state index contributed by atoms with van der Waals surface area (Å²) < 4.78 is 32.4. The molecule has 1 atom stereocenters. The van der Waals surface area contributed by atoms with E-state index in [-0.39, 0.29) is 32.7 Å². The number of quaternary nitrogens is 1. The van der Waals surface area contributed by atoms with Gasteiger partial charge in [0.25, 0.3) is 15.7 Å². The summed E-state index contributed by atoms with van der Waals surface area (Å²) in [5.74, 6) is -0.500. The number of benzene rings is 2. The average Bonchev–Trinajstić information content (AvgIpc) is 2.96. The zero-order valence-electron chi connectivity index (χ0n) is 15.1. The fourth-order valence-corrected chi connectivity index (χ4v) is 3.19. The van der Waals surface area contributed by atoms with Gasteiger partial charge in [-0.25, -0.2) is 9.89 Å². The number of rotatable bonds is 5. The van der Waals surface area contributed by atoms with E-state index in [4.69, 9.17) is 21.4 Å². The quantitative estimate of drug-likeness (QED) is 0.168. The zero-order chi connectivity index (χ0) is 22.2. The van der Waals surface area contributed by atoms with Crippen molar-refractivity contribution < 1.29 is 28.5 Å². The molecular weight excluding hydrogens is 442 g/mol. The number of hydrogen-bond donors (Lipinski definition) is 5. The van der Waals surface area contributed by atoms with Crippen molar-refractivity contribution in [2.24, 2.45) is 10.2 Å². The normalized spacial score (nSPS) is 13.1. The maximum atomic E-state index is 12.6. The van der Waals surface area contributed by atoms with E-state index in [0.717, 1.165) is 28.9 Å². The topological polar surface area (TPSA) is 185 Å². The lowest BCUT2D eigenvalue weighted by Gasteiger charge is -2.12. The van der Waals surface area contributed by atoms with Crippen LogP contribution >= 0.6 is 11.6 Å². The molecule has 12 nitrogen and oxygen atoms in total. The number of nitrogens with one attached hydrogen (secondary N) is 2. The highest BCUT2D eigenvalue weighted by molar-refractivity contribution is 7.85. The number of phenols is 1. The molecule has 0 aliphatic heterocycles. The molecule has 2 aromatic carbocycles. The lowest BCUT2D eigenvalue weighted by atomic mass is 10.2. The first-order chi connectivity index (χ1) is 14.0. The summed E-state index contributed by atoms with van der Waals surface area (Å²) in [5.41, 5.74) is -0.697. The van der Waals surface area contributed by atoms with Crippen molar-refractivity contribution in [3.05, 3.63) is 62.7 Å². The number of aromatic hydroxyl groups is 1. The molecule has 1 aromatic heterocycles. The van der Waals surface area contributed by atoms with Crippen molar-refractivity contribution in [3.8, 4) is 11.4 Å². The summed E-state index contributed by atoms with van der Waals surface area (Å²) in [5, 5.41) is 38.9. The second-order valence-corrected chi connectivity index (χ2v) is 7.85. The van der Waals surface area contributed by atoms with Gasteiger partial charge in [-0.3, -0.25) is 14.4 Å². The minimum absolute atomic E-state index is 0.134. The van der Waals surface area contributed by atoms with Gasteiger partial charge in [-0.05, 0) is 31.2 Å². The highest BCUT2D eigenvalue weighted by Crippen LogP contribution is 2.37. The smallest absolute Gasteiger partial charge is 0.299 e. The number of halogens is 1. The van der Waals surface area contributed by atoms with E-state index in [2.05, 4.69) is 15.3 Å². The molecule has 3 aromatic rings. The first-order valence-electron chi connectivity index (χ1n) is 8.06. The number of azo groups is 1. The van der Waals surface area contributed by atoms with Crippen LogP contribution in [0.25, 0.3) is 5.69 Å². The first-order valence-corrected chi connectivity index (χ1v) is 9.88. The van der Waals surface area contributed by atoms with Crippen molar-refractivity contribution in [1.82, 2.24) is 9.78 Å². The minimum atomic E-state index is -4.38. The van der Waals surface area contributed by atoms with Gasteiger partial charge in [0.1, 0.15) is 5.69 Å². The number of aryl methyl sites for hydroxylation is 1. The summed E-state index contributed by atoms with van der Waals surface area (Å²) in [4.78, 5) is 12.3. The van der Waals surface area contributed by atoms with Gasteiger partial charge >= 0.3 is 0 Å². The highest BCUT2D eigenvalue weighted by atomic mass is 35.5. The van der Waals surface area contributed by atoms with Crippen LogP contribution in [-0.4, -0.2) is 33.1 Å². The third kappa shape index (κ3) is 4.25. The molecule has 1 unspecified atom stereocenters. The van der Waals surface area contributed by atoms with Crippen molar-refractivity contribution in [3.63, 3.8) is 0 Å². The van der Waals surface area contributed by atoms with Crippen molar-refractivity contribution in [2.75, 3.05) is 0 Å². The summed E-state index contributed by atoms with van der Waals surface area (Å²) in [7, 11) is -4.38. The van der Waals surface area contributed by atoms with Crippen molar-refractivity contribution >= 4 is 38.8 Å². The van der Waals surface area contributed by atoms with Crippen LogP contribution in [0, 0.1) is 12.1 Å². The van der Waals surface area contributed by atoms with Crippen LogP contribution < -0.4 is 10.8 Å². The summed E-state index contributed by atoms with van der Waals surface area (Å²) in [6.45, 7) is 1.53. The number of nitrogens with zero attached hydrogens (tertiary/aromatic N) is 3. The van der Waals surface area contributed by atoms with Gasteiger partial charge in [0, 0.05) is 12.1 Å². The predicted molar refractivity (Wildman–Crippen MR) is 104 cm³/mol. The Hall–Kier alpha value is -3.07. The number of hydrogen-bond acceptors (Lipinski definition) is 8. The molecule has 0 amide bonds. The Morgan fingerprint density at radius 2 is 1.83 bits per heavy atom. The average molecular weight is 456 g/mol. The molecule has 5 N–H and O–H groups in total. The Bertz CT molecular complexity index is 1300. The maximum Gasteiger partial charge on any atom is 0.299 e. The Kier molecular flexibility index (Phi) is 5.76. The van der Waals surface area contributed by atoms with Crippen LogP contribution in [0.4, 0.5) is 17.1 Å². The van der Waals surface area contributed by atoms with Crippen LogP contribution in [0.5, 0.6) is 5.75 Å². The molecule has 30 heavy (non-hydrogen) atoms. The highest BCUT2D eigenvalue weighted by Gasteiger charge is 2.16. The van der Waals surface area contributed by atoms with Gasteiger partial charge in [0.05, 0.1) is 21.3 Å². The van der Waals surface area contributed by atoms with Gasteiger partial charge in [0.2, 0.25) is 0 Å². The molecule has 3 rings (SSSR count). The molecule has 0 spiro atoms. The van der Waals surface area contributed by atoms with Gasteiger partial charge in [0.15, 0.2) is 17.1 Å². The summed E-state index contributed by atoms with van der Waals surface area (Å²) in [6.07, 6.45) is 0. The lowest BCUT2D eigenvalue weighted by Crippen LogP contribution is -2.99. The van der Waals surface area contributed by atoms with Gasteiger partial charge < -0.3 is 10.3 Å². The molecule has 0 saturated carbocycles. The fourth-order valence-electron chi connectivity index (χ4n) is 2.49. The zero-order valence-corrected chi connectivity index (χ0v) is 16.6. The maximum absolute atomic E-state index is 12.6. The molecule has 0 fully saturated rings. The van der Waals surface area contributed by atoms with E-state index >= 15 is 0 Å². The second-order valence-electron chi connectivity index (χ2n) is 6.03. The van der Waals surface area contributed by atoms with E-state index in [1.165, 1.54) is 19.1 Å². The molecule has 0 radical (unpaired) electrons. The van der Waals surface area contributed by atoms with E-state index in [0.29, 0.717) is 5.69 Å². The van der Waals surface area contributed by atoms with E-state index in [9.17, 15) is 23.5 Å². The predicted octanol–water partition coefficient (Wildman–Crippen LogP) is 1.90. The summed E-state index contributed by atoms with van der Waals surface area (Å²) >= 11 is 5.79. The van der Waals surface area contributed by atoms with Crippen LogP contribution in [0.3, 0.4) is 0 Å². The standard InChI is InChI=1S/C16H14ClN5O7S/c1-8-14(19-18-13-7-10(22(25)26)6-12(17)15(13)23)16(24)21(20-8)9-2-4-11(5-3-9)30(27,28)29/h2-7,20,22-23,25H,1H3,(H,27,28,29). The van der Waals surface area contributed by atoms with Crippen LogP contribution in [0.2, 0.25) is 5.02 Å². The first kappa shape index (κ1) is 21.6.